The molecule has 0 radical (unpaired) electrons. The van der Waals surface area contributed by atoms with Crippen LogP contribution < -0.4 is 5.32 Å². The average Bonchev–Trinajstić information content (AvgIpc) is 3.16. The van der Waals surface area contributed by atoms with Crippen LogP contribution in [0.4, 0.5) is 4.39 Å². The van der Waals surface area contributed by atoms with Gasteiger partial charge in [-0.05, 0) is 12.1 Å². The Morgan fingerprint density at radius 3 is 3.05 bits per heavy atom. The smallest absolute Gasteiger partial charge is 0.269 e. The lowest BCUT2D eigenvalue weighted by Gasteiger charge is -1.99. The Balaban J connectivity index is 1.67. The number of imidazole rings is 1. The molecule has 7 heteroatoms. The SMILES string of the molecule is O=C(NCc1cc(-c2cccc(F)c2)no1)c1cnc[nH]1. The number of halogens is 1. The zero-order chi connectivity index (χ0) is 14.7. The fourth-order valence-electron chi connectivity index (χ4n) is 1.82. The van der Waals surface area contributed by atoms with E-state index in [4.69, 9.17) is 4.52 Å². The third-order valence-corrected chi connectivity index (χ3v) is 2.85. The highest BCUT2D eigenvalue weighted by Gasteiger charge is 2.10. The van der Waals surface area contributed by atoms with E-state index >= 15 is 0 Å². The number of hydrogen-bond acceptors (Lipinski definition) is 4. The number of rotatable bonds is 4. The van der Waals surface area contributed by atoms with Gasteiger partial charge in [-0.3, -0.25) is 4.79 Å². The lowest BCUT2D eigenvalue weighted by atomic mass is 10.1. The summed E-state index contributed by atoms with van der Waals surface area (Å²) in [6, 6.07) is 7.70. The highest BCUT2D eigenvalue weighted by molar-refractivity contribution is 5.91. The molecule has 0 saturated heterocycles. The number of nitrogens with zero attached hydrogens (tertiary/aromatic N) is 2. The summed E-state index contributed by atoms with van der Waals surface area (Å²) in [4.78, 5) is 18.2. The van der Waals surface area contributed by atoms with E-state index in [9.17, 15) is 9.18 Å². The number of H-pyrrole nitrogens is 1. The third kappa shape index (κ3) is 2.97. The minimum atomic E-state index is -0.343. The van der Waals surface area contributed by atoms with Crippen LogP contribution in [-0.2, 0) is 6.54 Å². The van der Waals surface area contributed by atoms with Crippen LogP contribution in [0.25, 0.3) is 11.3 Å². The van der Waals surface area contributed by atoms with Gasteiger partial charge in [0.1, 0.15) is 17.2 Å². The molecule has 21 heavy (non-hydrogen) atoms. The van der Waals surface area contributed by atoms with Crippen LogP contribution in [0, 0.1) is 5.82 Å². The molecule has 2 N–H and O–H groups in total. The van der Waals surface area contributed by atoms with Gasteiger partial charge in [0.2, 0.25) is 0 Å². The largest absolute Gasteiger partial charge is 0.359 e. The molecule has 3 rings (SSSR count). The summed E-state index contributed by atoms with van der Waals surface area (Å²) in [6.07, 6.45) is 2.85. The van der Waals surface area contributed by atoms with Crippen molar-refractivity contribution >= 4 is 5.91 Å². The van der Waals surface area contributed by atoms with E-state index in [1.54, 1.807) is 18.2 Å². The van der Waals surface area contributed by atoms with E-state index in [0.717, 1.165) is 0 Å². The highest BCUT2D eigenvalue weighted by Crippen LogP contribution is 2.19. The molecule has 1 amide bonds. The number of aromatic amines is 1. The molecular formula is C14H11FN4O2. The molecule has 0 saturated carbocycles. The van der Waals surface area contributed by atoms with Crippen molar-refractivity contribution in [1.82, 2.24) is 20.4 Å². The monoisotopic (exact) mass is 286 g/mol. The van der Waals surface area contributed by atoms with E-state index in [-0.39, 0.29) is 18.3 Å². The Morgan fingerprint density at radius 1 is 1.38 bits per heavy atom. The second-order valence-corrected chi connectivity index (χ2v) is 4.34. The van der Waals surface area contributed by atoms with Crippen molar-refractivity contribution in [3.63, 3.8) is 0 Å². The summed E-state index contributed by atoms with van der Waals surface area (Å²) in [7, 11) is 0. The van der Waals surface area contributed by atoms with Crippen LogP contribution in [0.5, 0.6) is 0 Å². The zero-order valence-corrected chi connectivity index (χ0v) is 10.8. The molecule has 0 aliphatic carbocycles. The van der Waals surface area contributed by atoms with Crippen LogP contribution >= 0.6 is 0 Å². The number of hydrogen-bond donors (Lipinski definition) is 2. The molecule has 0 bridgehead atoms. The Labute approximate surface area is 119 Å². The van der Waals surface area contributed by atoms with Crippen LogP contribution in [-0.4, -0.2) is 21.0 Å². The molecule has 106 valence electrons. The van der Waals surface area contributed by atoms with Crippen LogP contribution in [0.2, 0.25) is 0 Å². The first-order valence-electron chi connectivity index (χ1n) is 6.20. The van der Waals surface area contributed by atoms with Gasteiger partial charge >= 0.3 is 0 Å². The summed E-state index contributed by atoms with van der Waals surface area (Å²) in [5, 5.41) is 6.51. The van der Waals surface area contributed by atoms with Crippen molar-refractivity contribution in [1.29, 1.82) is 0 Å². The van der Waals surface area contributed by atoms with E-state index in [0.29, 0.717) is 22.7 Å². The molecule has 0 spiro atoms. The average molecular weight is 286 g/mol. The predicted octanol–water partition coefficient (Wildman–Crippen LogP) is 2.13. The molecule has 0 atom stereocenters. The molecular weight excluding hydrogens is 275 g/mol. The van der Waals surface area contributed by atoms with Crippen molar-refractivity contribution in [2.24, 2.45) is 0 Å². The number of carbonyl (C=O) groups is 1. The molecule has 0 aliphatic rings. The maximum atomic E-state index is 13.1. The maximum absolute atomic E-state index is 13.1. The number of benzene rings is 1. The number of nitrogens with one attached hydrogen (secondary N) is 2. The first-order valence-corrected chi connectivity index (χ1v) is 6.20. The normalized spacial score (nSPS) is 10.5. The van der Waals surface area contributed by atoms with E-state index < -0.39 is 0 Å². The number of aromatic nitrogens is 3. The summed E-state index contributed by atoms with van der Waals surface area (Å²) in [6.45, 7) is 0.181. The Kier molecular flexibility index (Phi) is 3.46. The van der Waals surface area contributed by atoms with Crippen LogP contribution in [0.15, 0.2) is 47.4 Å². The fourth-order valence-corrected chi connectivity index (χ4v) is 1.82. The van der Waals surface area contributed by atoms with E-state index in [1.165, 1.54) is 24.7 Å². The standard InChI is InChI=1S/C14H11FN4O2/c15-10-3-1-2-9(4-10)12-5-11(21-19-12)6-17-14(20)13-7-16-8-18-13/h1-5,7-8H,6H2,(H,16,18)(H,17,20). The lowest BCUT2D eigenvalue weighted by molar-refractivity contribution is 0.0942. The predicted molar refractivity (Wildman–Crippen MR) is 71.7 cm³/mol. The molecule has 3 aromatic rings. The highest BCUT2D eigenvalue weighted by atomic mass is 19.1. The van der Waals surface area contributed by atoms with Gasteiger partial charge in [-0.1, -0.05) is 17.3 Å². The number of carbonyl (C=O) groups excluding carboxylic acids is 1. The maximum Gasteiger partial charge on any atom is 0.269 e. The minimum Gasteiger partial charge on any atom is -0.359 e. The van der Waals surface area contributed by atoms with Gasteiger partial charge < -0.3 is 14.8 Å². The third-order valence-electron chi connectivity index (χ3n) is 2.85. The van der Waals surface area contributed by atoms with Crippen molar-refractivity contribution in [2.75, 3.05) is 0 Å². The lowest BCUT2D eigenvalue weighted by Crippen LogP contribution is -2.22. The van der Waals surface area contributed by atoms with Crippen molar-refractivity contribution in [3.8, 4) is 11.3 Å². The van der Waals surface area contributed by atoms with Gasteiger partial charge in [0.05, 0.1) is 19.1 Å². The van der Waals surface area contributed by atoms with Crippen molar-refractivity contribution < 1.29 is 13.7 Å². The van der Waals surface area contributed by atoms with Crippen molar-refractivity contribution in [3.05, 3.63) is 60.1 Å². The Hall–Kier alpha value is -2.96. The molecule has 1 aromatic carbocycles. The Morgan fingerprint density at radius 2 is 2.29 bits per heavy atom. The summed E-state index contributed by atoms with van der Waals surface area (Å²) in [5.41, 5.74) is 1.49. The van der Waals surface area contributed by atoms with E-state index in [1.807, 2.05) is 0 Å². The van der Waals surface area contributed by atoms with Crippen LogP contribution in [0.1, 0.15) is 16.2 Å². The zero-order valence-electron chi connectivity index (χ0n) is 10.8. The quantitative estimate of drug-likeness (QED) is 0.769. The fraction of sp³-hybridized carbons (Fsp3) is 0.0714. The first kappa shape index (κ1) is 13.0. The van der Waals surface area contributed by atoms with Gasteiger partial charge in [-0.2, -0.15) is 0 Å². The van der Waals surface area contributed by atoms with Gasteiger partial charge in [-0.25, -0.2) is 9.37 Å². The summed E-state index contributed by atoms with van der Waals surface area (Å²) < 4.78 is 18.3. The molecule has 0 unspecified atom stereocenters. The first-order chi connectivity index (χ1) is 10.2. The number of amides is 1. The topological polar surface area (TPSA) is 83.8 Å². The van der Waals surface area contributed by atoms with Gasteiger partial charge in [0.15, 0.2) is 5.76 Å². The van der Waals surface area contributed by atoms with Crippen molar-refractivity contribution in [2.45, 2.75) is 6.54 Å². The second kappa shape index (κ2) is 5.58. The molecule has 6 nitrogen and oxygen atoms in total. The van der Waals surface area contributed by atoms with Gasteiger partial charge in [-0.15, -0.1) is 0 Å². The minimum absolute atomic E-state index is 0.181. The molecule has 2 aromatic heterocycles. The summed E-state index contributed by atoms with van der Waals surface area (Å²) in [5.74, 6) is -0.164. The summed E-state index contributed by atoms with van der Waals surface area (Å²) >= 11 is 0. The molecule has 2 heterocycles. The second-order valence-electron chi connectivity index (χ2n) is 4.34. The molecule has 0 fully saturated rings. The van der Waals surface area contributed by atoms with E-state index in [2.05, 4.69) is 20.4 Å². The Bertz CT molecular complexity index is 752. The van der Waals surface area contributed by atoms with Crippen LogP contribution in [0.3, 0.4) is 0 Å². The van der Waals surface area contributed by atoms with Gasteiger partial charge in [0, 0.05) is 11.6 Å². The molecule has 0 aliphatic heterocycles. The van der Waals surface area contributed by atoms with Gasteiger partial charge in [0.25, 0.3) is 5.91 Å².